The molecule has 1 aromatic heterocycles. The quantitative estimate of drug-likeness (QED) is 0.606. The molecule has 124 valence electrons. The van der Waals surface area contributed by atoms with Crippen LogP contribution in [0.25, 0.3) is 10.9 Å². The number of hydrogen-bond acceptors (Lipinski definition) is 4. The Kier molecular flexibility index (Phi) is 6.02. The first-order valence-corrected chi connectivity index (χ1v) is 7.71. The van der Waals surface area contributed by atoms with Crippen LogP contribution in [0.1, 0.15) is 37.8 Å². The number of esters is 1. The zero-order valence-corrected chi connectivity index (χ0v) is 13.4. The second kappa shape index (κ2) is 8.22. The highest BCUT2D eigenvalue weighted by atomic mass is 16.5. The summed E-state index contributed by atoms with van der Waals surface area (Å²) in [5.74, 6) is -0.394. The number of hydrogen-bond donors (Lipinski definition) is 2. The van der Waals surface area contributed by atoms with Gasteiger partial charge in [0.1, 0.15) is 0 Å². The molecule has 0 aliphatic rings. The summed E-state index contributed by atoms with van der Waals surface area (Å²) in [7, 11) is 1.33. The van der Waals surface area contributed by atoms with Crippen molar-refractivity contribution in [2.75, 3.05) is 13.7 Å². The van der Waals surface area contributed by atoms with Crippen molar-refractivity contribution in [2.24, 2.45) is 0 Å². The number of H-pyrrole nitrogens is 1. The van der Waals surface area contributed by atoms with Crippen LogP contribution in [0.2, 0.25) is 0 Å². The minimum atomic E-state index is -0.530. The number of amides is 1. The van der Waals surface area contributed by atoms with E-state index >= 15 is 0 Å². The van der Waals surface area contributed by atoms with Crippen molar-refractivity contribution >= 4 is 23.0 Å². The number of aromatic amines is 1. The molecule has 1 unspecified atom stereocenters. The maximum Gasteiger partial charge on any atom is 0.407 e. The van der Waals surface area contributed by atoms with Crippen molar-refractivity contribution in [1.82, 2.24) is 10.3 Å². The van der Waals surface area contributed by atoms with E-state index in [2.05, 4.69) is 10.3 Å². The normalized spacial score (nSPS) is 11.9. The van der Waals surface area contributed by atoms with Crippen LogP contribution in [0.4, 0.5) is 4.79 Å². The van der Waals surface area contributed by atoms with E-state index in [1.54, 1.807) is 6.20 Å². The van der Waals surface area contributed by atoms with Crippen molar-refractivity contribution in [3.05, 3.63) is 36.0 Å². The van der Waals surface area contributed by atoms with Crippen molar-refractivity contribution in [3.63, 3.8) is 0 Å². The molecule has 2 rings (SSSR count). The minimum absolute atomic E-state index is 0.0429. The van der Waals surface area contributed by atoms with Crippen molar-refractivity contribution in [1.29, 1.82) is 0 Å². The van der Waals surface area contributed by atoms with Gasteiger partial charge < -0.3 is 19.8 Å². The van der Waals surface area contributed by atoms with E-state index in [1.165, 1.54) is 7.11 Å². The third-order valence-corrected chi connectivity index (χ3v) is 3.62. The van der Waals surface area contributed by atoms with Gasteiger partial charge in [0.2, 0.25) is 0 Å². The van der Waals surface area contributed by atoms with Crippen molar-refractivity contribution < 1.29 is 19.1 Å². The Bertz CT molecular complexity index is 665. The first-order valence-electron chi connectivity index (χ1n) is 7.71. The lowest BCUT2D eigenvalue weighted by Gasteiger charge is -2.17. The number of aromatic nitrogens is 1. The second-order valence-corrected chi connectivity index (χ2v) is 5.26. The monoisotopic (exact) mass is 318 g/mol. The summed E-state index contributed by atoms with van der Waals surface area (Å²) in [6.07, 6.45) is 3.06. The smallest absolute Gasteiger partial charge is 0.407 e. The maximum absolute atomic E-state index is 11.9. The molecule has 0 saturated carbocycles. The minimum Gasteiger partial charge on any atom is -0.469 e. The lowest BCUT2D eigenvalue weighted by molar-refractivity contribution is -0.141. The van der Waals surface area contributed by atoms with Gasteiger partial charge in [0.15, 0.2) is 0 Å². The highest BCUT2D eigenvalue weighted by Crippen LogP contribution is 2.26. The molecule has 6 nitrogen and oxygen atoms in total. The van der Waals surface area contributed by atoms with E-state index in [1.807, 2.05) is 31.2 Å². The maximum atomic E-state index is 11.9. The Balaban J connectivity index is 2.17. The SMILES string of the molecule is CCCCOC(=O)NC(CC(=O)OC)c1c[nH]c2ccccc12. The van der Waals surface area contributed by atoms with Crippen LogP contribution in [-0.2, 0) is 14.3 Å². The van der Waals surface area contributed by atoms with Gasteiger partial charge in [-0.2, -0.15) is 0 Å². The summed E-state index contributed by atoms with van der Waals surface area (Å²) < 4.78 is 9.86. The van der Waals surface area contributed by atoms with E-state index in [0.717, 1.165) is 29.3 Å². The molecule has 0 fully saturated rings. The predicted octanol–water partition coefficient (Wildman–Crippen LogP) is 3.30. The second-order valence-electron chi connectivity index (χ2n) is 5.26. The lowest BCUT2D eigenvalue weighted by Crippen LogP contribution is -2.31. The van der Waals surface area contributed by atoms with E-state index < -0.39 is 18.1 Å². The summed E-state index contributed by atoms with van der Waals surface area (Å²) in [6.45, 7) is 2.38. The molecule has 0 saturated heterocycles. The lowest BCUT2D eigenvalue weighted by atomic mass is 10.0. The predicted molar refractivity (Wildman–Crippen MR) is 87.1 cm³/mol. The van der Waals surface area contributed by atoms with Gasteiger partial charge in [0.05, 0.1) is 26.2 Å². The molecule has 1 atom stereocenters. The largest absolute Gasteiger partial charge is 0.469 e. The average Bonchev–Trinajstić information content (AvgIpc) is 2.98. The fourth-order valence-electron chi connectivity index (χ4n) is 2.36. The number of ether oxygens (including phenoxy) is 2. The molecule has 1 amide bonds. The Hall–Kier alpha value is -2.50. The number of fused-ring (bicyclic) bond motifs is 1. The van der Waals surface area contributed by atoms with Crippen LogP contribution in [0.5, 0.6) is 0 Å². The van der Waals surface area contributed by atoms with Crippen molar-refractivity contribution in [3.8, 4) is 0 Å². The van der Waals surface area contributed by atoms with Crippen LogP contribution in [-0.4, -0.2) is 30.8 Å². The van der Waals surface area contributed by atoms with Gasteiger partial charge in [-0.15, -0.1) is 0 Å². The van der Waals surface area contributed by atoms with Gasteiger partial charge in [-0.1, -0.05) is 31.5 Å². The number of benzene rings is 1. The van der Waals surface area contributed by atoms with Crippen LogP contribution in [0, 0.1) is 0 Å². The first-order chi connectivity index (χ1) is 11.2. The molecular weight excluding hydrogens is 296 g/mol. The van der Waals surface area contributed by atoms with Gasteiger partial charge in [-0.05, 0) is 12.5 Å². The van der Waals surface area contributed by atoms with E-state index in [0.29, 0.717) is 6.61 Å². The molecule has 6 heteroatoms. The van der Waals surface area contributed by atoms with Gasteiger partial charge in [0.25, 0.3) is 0 Å². The van der Waals surface area contributed by atoms with Crippen molar-refractivity contribution in [2.45, 2.75) is 32.2 Å². The fraction of sp³-hybridized carbons (Fsp3) is 0.412. The standard InChI is InChI=1S/C17H22N2O4/c1-3-4-9-23-17(21)19-15(10-16(20)22-2)13-11-18-14-8-6-5-7-12(13)14/h5-8,11,15,18H,3-4,9-10H2,1-2H3,(H,19,21). The Morgan fingerprint density at radius 3 is 2.83 bits per heavy atom. The Morgan fingerprint density at radius 1 is 1.30 bits per heavy atom. The average molecular weight is 318 g/mol. The summed E-state index contributed by atoms with van der Waals surface area (Å²) in [6, 6.07) is 7.20. The van der Waals surface area contributed by atoms with Crippen LogP contribution >= 0.6 is 0 Å². The molecule has 23 heavy (non-hydrogen) atoms. The third kappa shape index (κ3) is 4.48. The number of para-hydroxylation sites is 1. The molecule has 2 aromatic rings. The molecule has 0 spiro atoms. The van der Waals surface area contributed by atoms with Gasteiger partial charge in [0, 0.05) is 22.7 Å². The number of nitrogens with one attached hydrogen (secondary N) is 2. The molecule has 0 radical (unpaired) electrons. The van der Waals surface area contributed by atoms with Gasteiger partial charge >= 0.3 is 12.1 Å². The number of unbranched alkanes of at least 4 members (excludes halogenated alkanes) is 1. The highest BCUT2D eigenvalue weighted by molar-refractivity contribution is 5.85. The topological polar surface area (TPSA) is 80.4 Å². The zero-order valence-electron chi connectivity index (χ0n) is 13.4. The molecule has 1 heterocycles. The van der Waals surface area contributed by atoms with Gasteiger partial charge in [-0.3, -0.25) is 4.79 Å². The van der Waals surface area contributed by atoms with Gasteiger partial charge in [-0.25, -0.2) is 4.79 Å². The molecule has 2 N–H and O–H groups in total. The summed E-state index contributed by atoms with van der Waals surface area (Å²) >= 11 is 0. The molecular formula is C17H22N2O4. The Morgan fingerprint density at radius 2 is 2.09 bits per heavy atom. The van der Waals surface area contributed by atoms with Crippen LogP contribution < -0.4 is 5.32 Å². The van der Waals surface area contributed by atoms with E-state index in [9.17, 15) is 9.59 Å². The molecule has 0 bridgehead atoms. The summed E-state index contributed by atoms with van der Waals surface area (Å²) in [5.41, 5.74) is 1.77. The Labute approximate surface area is 135 Å². The van der Waals surface area contributed by atoms with Crippen LogP contribution in [0.15, 0.2) is 30.5 Å². The number of rotatable bonds is 7. The molecule has 0 aliphatic carbocycles. The summed E-state index contributed by atoms with van der Waals surface area (Å²) in [5, 5.41) is 3.71. The molecule has 1 aromatic carbocycles. The van der Waals surface area contributed by atoms with E-state index in [4.69, 9.17) is 9.47 Å². The number of alkyl carbamates (subject to hydrolysis) is 1. The fourth-order valence-corrected chi connectivity index (χ4v) is 2.36. The number of methoxy groups -OCH3 is 1. The number of carbonyl (C=O) groups is 2. The van der Waals surface area contributed by atoms with E-state index in [-0.39, 0.29) is 6.42 Å². The third-order valence-electron chi connectivity index (χ3n) is 3.62. The summed E-state index contributed by atoms with van der Waals surface area (Å²) in [4.78, 5) is 26.7. The van der Waals surface area contributed by atoms with Crippen LogP contribution in [0.3, 0.4) is 0 Å². The highest BCUT2D eigenvalue weighted by Gasteiger charge is 2.22. The molecule has 0 aliphatic heterocycles. The first kappa shape index (κ1) is 16.9. The zero-order chi connectivity index (χ0) is 16.7. The number of carbonyl (C=O) groups excluding carboxylic acids is 2.